The van der Waals surface area contributed by atoms with Crippen LogP contribution in [0.15, 0.2) is 0 Å². The summed E-state index contributed by atoms with van der Waals surface area (Å²) in [6.45, 7) is 16.6. The lowest BCUT2D eigenvalue weighted by Crippen LogP contribution is -1.85. The minimum absolute atomic E-state index is 1.25. The van der Waals surface area contributed by atoms with Gasteiger partial charge in [0.1, 0.15) is 0 Å². The van der Waals surface area contributed by atoms with Crippen molar-refractivity contribution in [2.24, 2.45) is 0 Å². The Morgan fingerprint density at radius 3 is 0.667 bits per heavy atom. The highest BCUT2D eigenvalue weighted by Gasteiger charge is 1.95. The van der Waals surface area contributed by atoms with Crippen molar-refractivity contribution in [2.75, 3.05) is 0 Å². The number of hydrogen-bond donors (Lipinski definition) is 0. The minimum Gasteiger partial charge on any atom is -0.0683 e. The normalized spacial score (nSPS) is 10.4. The van der Waals surface area contributed by atoms with E-state index >= 15 is 0 Å². The Morgan fingerprint density at radius 1 is 0.533 bits per heavy atom. The monoisotopic (exact) mass is 218 g/mol. The van der Waals surface area contributed by atoms with Gasteiger partial charge in [-0.3, -0.25) is 0 Å². The SMILES string of the molecule is C1CCC1.CC.CC.CCC.CCCC. The topological polar surface area (TPSA) is 0 Å². The fraction of sp³-hybridized carbons (Fsp3) is 1.00. The Bertz CT molecular complexity index is 29.3. The summed E-state index contributed by atoms with van der Waals surface area (Å²) in [5.74, 6) is 0. The third-order valence-electron chi connectivity index (χ3n) is 1.50. The van der Waals surface area contributed by atoms with Crippen LogP contribution in [0.4, 0.5) is 0 Å². The molecule has 1 fully saturated rings. The summed E-state index contributed by atoms with van der Waals surface area (Å²) in [7, 11) is 0. The average Bonchev–Trinajstić information content (AvgIpc) is 2.22. The van der Waals surface area contributed by atoms with Crippen LogP contribution in [0.2, 0.25) is 0 Å². The maximum atomic E-state index is 2.18. The summed E-state index contributed by atoms with van der Waals surface area (Å²) < 4.78 is 0. The van der Waals surface area contributed by atoms with Crippen molar-refractivity contribution in [1.82, 2.24) is 0 Å². The van der Waals surface area contributed by atoms with E-state index in [0.29, 0.717) is 0 Å². The highest BCUT2D eigenvalue weighted by atomic mass is 14.0. The first kappa shape index (κ1) is 24.3. The van der Waals surface area contributed by atoms with E-state index in [1.165, 1.54) is 44.9 Å². The summed E-state index contributed by atoms with van der Waals surface area (Å²) in [4.78, 5) is 0. The molecule has 0 nitrogen and oxygen atoms in total. The highest BCUT2D eigenvalue weighted by molar-refractivity contribution is 4.50. The summed E-state index contributed by atoms with van der Waals surface area (Å²) >= 11 is 0. The van der Waals surface area contributed by atoms with Gasteiger partial charge >= 0.3 is 0 Å². The van der Waals surface area contributed by atoms with Gasteiger partial charge in [0.05, 0.1) is 0 Å². The van der Waals surface area contributed by atoms with Crippen molar-refractivity contribution in [1.29, 1.82) is 0 Å². The van der Waals surface area contributed by atoms with Gasteiger partial charge in [0, 0.05) is 0 Å². The largest absolute Gasteiger partial charge is 0.0683 e. The second kappa shape index (κ2) is 48.3. The van der Waals surface area contributed by atoms with Crippen LogP contribution in [0.1, 0.15) is 100 Å². The Balaban J connectivity index is -0.0000000526. The van der Waals surface area contributed by atoms with Gasteiger partial charge in [0.15, 0.2) is 0 Å². The molecule has 1 aliphatic carbocycles. The lowest BCUT2D eigenvalue weighted by atomic mass is 10.0. The third kappa shape index (κ3) is 80.6. The summed E-state index contributed by atoms with van der Waals surface area (Å²) in [5.41, 5.74) is 0. The van der Waals surface area contributed by atoms with E-state index < -0.39 is 0 Å². The summed E-state index contributed by atoms with van der Waals surface area (Å²) in [5, 5.41) is 0. The molecule has 0 saturated heterocycles. The molecule has 0 spiro atoms. The molecule has 0 unspecified atom stereocenters. The molecule has 0 radical (unpaired) electrons. The van der Waals surface area contributed by atoms with Crippen molar-refractivity contribution in [3.8, 4) is 0 Å². The zero-order chi connectivity index (χ0) is 12.9. The molecule has 15 heavy (non-hydrogen) atoms. The second-order valence-corrected chi connectivity index (χ2v) is 3.12. The van der Waals surface area contributed by atoms with E-state index in [0.717, 1.165) is 0 Å². The van der Waals surface area contributed by atoms with Crippen molar-refractivity contribution < 1.29 is 0 Å². The molecule has 1 aliphatic rings. The van der Waals surface area contributed by atoms with Crippen molar-refractivity contribution in [3.63, 3.8) is 0 Å². The zero-order valence-corrected chi connectivity index (χ0v) is 12.9. The van der Waals surface area contributed by atoms with Gasteiger partial charge < -0.3 is 0 Å². The van der Waals surface area contributed by atoms with E-state index in [1.807, 2.05) is 27.7 Å². The van der Waals surface area contributed by atoms with Crippen LogP contribution >= 0.6 is 0 Å². The number of rotatable bonds is 1. The van der Waals surface area contributed by atoms with Crippen LogP contribution in [0.25, 0.3) is 0 Å². The molecule has 1 rings (SSSR count). The fourth-order valence-corrected chi connectivity index (χ4v) is 0.250. The van der Waals surface area contributed by atoms with Gasteiger partial charge in [0.2, 0.25) is 0 Å². The van der Waals surface area contributed by atoms with Gasteiger partial charge in [-0.1, -0.05) is 100 Å². The van der Waals surface area contributed by atoms with Crippen molar-refractivity contribution in [2.45, 2.75) is 100 Å². The first-order valence-corrected chi connectivity index (χ1v) is 7.33. The lowest BCUT2D eigenvalue weighted by molar-refractivity contribution is 0.504. The van der Waals surface area contributed by atoms with E-state index in [2.05, 4.69) is 27.7 Å². The molecule has 0 atom stereocenters. The summed E-state index contributed by atoms with van der Waals surface area (Å²) in [6, 6.07) is 0. The molecular formula is C15H38. The Labute approximate surface area is 101 Å². The molecule has 0 bridgehead atoms. The van der Waals surface area contributed by atoms with Crippen LogP contribution in [0.5, 0.6) is 0 Å². The molecule has 98 valence electrons. The van der Waals surface area contributed by atoms with E-state index in [4.69, 9.17) is 0 Å². The van der Waals surface area contributed by atoms with Gasteiger partial charge in [-0.2, -0.15) is 0 Å². The quantitative estimate of drug-likeness (QED) is 0.452. The molecule has 0 aromatic carbocycles. The Kier molecular flexibility index (Phi) is 78.2. The van der Waals surface area contributed by atoms with Crippen LogP contribution in [-0.4, -0.2) is 0 Å². The first-order valence-electron chi connectivity index (χ1n) is 7.33. The molecule has 1 saturated carbocycles. The van der Waals surface area contributed by atoms with E-state index in [-0.39, 0.29) is 0 Å². The molecule has 0 N–H and O–H groups in total. The standard InChI is InChI=1S/C4H8.C4H10.C3H8.2C2H6/c1-2-4-3-1;1-3-4-2;1-3-2;2*1-2/h1-4H2;3-4H2,1-2H3;3H2,1-2H3;2*1-2H3. The maximum absolute atomic E-state index is 2.18. The molecule has 0 heteroatoms. The predicted molar refractivity (Wildman–Crippen MR) is 77.7 cm³/mol. The van der Waals surface area contributed by atoms with Gasteiger partial charge in [0.25, 0.3) is 0 Å². The Morgan fingerprint density at radius 2 is 0.667 bits per heavy atom. The predicted octanol–water partition coefficient (Wildman–Crippen LogP) is 6.84. The van der Waals surface area contributed by atoms with Crippen molar-refractivity contribution >= 4 is 0 Å². The average molecular weight is 218 g/mol. The van der Waals surface area contributed by atoms with E-state index in [1.54, 1.807) is 0 Å². The zero-order valence-electron chi connectivity index (χ0n) is 12.9. The van der Waals surface area contributed by atoms with Crippen LogP contribution < -0.4 is 0 Å². The molecular weight excluding hydrogens is 180 g/mol. The van der Waals surface area contributed by atoms with Crippen LogP contribution in [-0.2, 0) is 0 Å². The fourth-order valence-electron chi connectivity index (χ4n) is 0.250. The lowest BCUT2D eigenvalue weighted by Gasteiger charge is -2.05. The van der Waals surface area contributed by atoms with Crippen LogP contribution in [0.3, 0.4) is 0 Å². The second-order valence-electron chi connectivity index (χ2n) is 3.12. The van der Waals surface area contributed by atoms with E-state index in [9.17, 15) is 0 Å². The molecule has 0 aromatic rings. The highest BCUT2D eigenvalue weighted by Crippen LogP contribution is 2.15. The van der Waals surface area contributed by atoms with Crippen molar-refractivity contribution in [3.05, 3.63) is 0 Å². The molecule has 0 heterocycles. The minimum atomic E-state index is 1.25. The maximum Gasteiger partial charge on any atom is -0.0533 e. The van der Waals surface area contributed by atoms with Gasteiger partial charge in [-0.15, -0.1) is 0 Å². The number of unbranched alkanes of at least 4 members (excludes halogenated alkanes) is 1. The molecule has 0 aromatic heterocycles. The van der Waals surface area contributed by atoms with Gasteiger partial charge in [-0.05, 0) is 0 Å². The van der Waals surface area contributed by atoms with Crippen LogP contribution in [0, 0.1) is 0 Å². The third-order valence-corrected chi connectivity index (χ3v) is 1.50. The summed E-state index contributed by atoms with van der Waals surface area (Å²) in [6.07, 6.45) is 9.89. The molecule has 0 amide bonds. The number of hydrogen-bond acceptors (Lipinski definition) is 0. The smallest absolute Gasteiger partial charge is 0.0533 e. The first-order chi connectivity index (χ1) is 7.33. The molecule has 0 aliphatic heterocycles. The van der Waals surface area contributed by atoms with Gasteiger partial charge in [-0.25, -0.2) is 0 Å². The Hall–Kier alpha value is 0.